The van der Waals surface area contributed by atoms with Gasteiger partial charge < -0.3 is 10.1 Å². The summed E-state index contributed by atoms with van der Waals surface area (Å²) in [5, 5.41) is 5.52. The van der Waals surface area contributed by atoms with Crippen LogP contribution < -0.4 is 19.8 Å². The second kappa shape index (κ2) is 7.01. The van der Waals surface area contributed by atoms with Crippen molar-refractivity contribution in [2.24, 2.45) is 0 Å². The molecule has 3 aromatic carbocycles. The molecule has 6 nitrogen and oxygen atoms in total. The van der Waals surface area contributed by atoms with Crippen LogP contribution in [0, 0.1) is 0 Å². The van der Waals surface area contributed by atoms with Crippen molar-refractivity contribution in [1.29, 1.82) is 0 Å². The van der Waals surface area contributed by atoms with Crippen molar-refractivity contribution >= 4 is 48.9 Å². The third-order valence-electron chi connectivity index (χ3n) is 4.43. The van der Waals surface area contributed by atoms with E-state index in [0.717, 1.165) is 45.2 Å². The number of hydrogen-bond acceptors (Lipinski definition) is 4. The highest BCUT2D eigenvalue weighted by atomic mass is 32.2. The van der Waals surface area contributed by atoms with Gasteiger partial charge in [0.25, 0.3) is 5.52 Å². The zero-order valence-corrected chi connectivity index (χ0v) is 16.3. The summed E-state index contributed by atoms with van der Waals surface area (Å²) in [6.45, 7) is 0. The largest absolute Gasteiger partial charge is 0.490 e. The third-order valence-corrected chi connectivity index (χ3v) is 5.04. The standard InChI is InChI=1S/C21H19N3O3S/c1-27-19-9-5-7-17-20(16-6-3-4-8-18(16)23-21(17)19)22-14-10-12-15(13-11-14)24-28(2,25)26/h3-13,24H,1-2H3,(H,22,23)/p+1. The minimum absolute atomic E-state index is 0.519. The minimum atomic E-state index is -3.30. The number of fused-ring (bicyclic) bond motifs is 2. The molecule has 4 rings (SSSR count). The van der Waals surface area contributed by atoms with E-state index in [0.29, 0.717) is 5.69 Å². The maximum Gasteiger partial charge on any atom is 0.255 e. The number of methoxy groups -OCH3 is 1. The summed E-state index contributed by atoms with van der Waals surface area (Å²) in [6.07, 6.45) is 1.13. The predicted molar refractivity (Wildman–Crippen MR) is 113 cm³/mol. The van der Waals surface area contributed by atoms with Gasteiger partial charge in [-0.1, -0.05) is 18.2 Å². The lowest BCUT2D eigenvalue weighted by Gasteiger charge is -2.12. The van der Waals surface area contributed by atoms with Gasteiger partial charge in [0.2, 0.25) is 15.5 Å². The minimum Gasteiger partial charge on any atom is -0.490 e. The van der Waals surface area contributed by atoms with Crippen LogP contribution in [0.15, 0.2) is 66.7 Å². The number of aromatic amines is 1. The number of benzene rings is 3. The molecular formula is C21H20N3O3S+. The third kappa shape index (κ3) is 3.57. The molecule has 0 spiro atoms. The Hall–Kier alpha value is -3.32. The fourth-order valence-corrected chi connectivity index (χ4v) is 3.81. The molecule has 0 radical (unpaired) electrons. The van der Waals surface area contributed by atoms with Crippen molar-refractivity contribution in [3.63, 3.8) is 0 Å². The Morgan fingerprint density at radius 1 is 0.857 bits per heavy atom. The highest BCUT2D eigenvalue weighted by molar-refractivity contribution is 7.92. The van der Waals surface area contributed by atoms with E-state index in [1.165, 1.54) is 0 Å². The first-order chi connectivity index (χ1) is 13.4. The monoisotopic (exact) mass is 394 g/mol. The number of para-hydroxylation sites is 2. The highest BCUT2D eigenvalue weighted by Crippen LogP contribution is 2.34. The molecule has 0 aliphatic heterocycles. The Kier molecular flexibility index (Phi) is 4.52. The van der Waals surface area contributed by atoms with E-state index >= 15 is 0 Å². The normalized spacial score (nSPS) is 11.5. The van der Waals surface area contributed by atoms with Crippen LogP contribution in [0.5, 0.6) is 5.75 Å². The van der Waals surface area contributed by atoms with Gasteiger partial charge in [-0.3, -0.25) is 4.72 Å². The summed E-state index contributed by atoms with van der Waals surface area (Å²) in [5.74, 6) is 0.763. The summed E-state index contributed by atoms with van der Waals surface area (Å²) < 4.78 is 30.8. The number of nitrogens with one attached hydrogen (secondary N) is 3. The van der Waals surface area contributed by atoms with Crippen LogP contribution in [0.4, 0.5) is 17.1 Å². The van der Waals surface area contributed by atoms with Crippen LogP contribution in [0.3, 0.4) is 0 Å². The van der Waals surface area contributed by atoms with E-state index in [1.807, 2.05) is 54.6 Å². The quantitative estimate of drug-likeness (QED) is 0.503. The molecule has 7 heteroatoms. The van der Waals surface area contributed by atoms with Gasteiger partial charge in [-0.2, -0.15) is 0 Å². The van der Waals surface area contributed by atoms with Crippen LogP contribution in [0.25, 0.3) is 21.8 Å². The Morgan fingerprint density at radius 2 is 1.54 bits per heavy atom. The van der Waals surface area contributed by atoms with E-state index in [-0.39, 0.29) is 0 Å². The van der Waals surface area contributed by atoms with E-state index < -0.39 is 10.0 Å². The number of anilines is 3. The topological polar surface area (TPSA) is 81.6 Å². The van der Waals surface area contributed by atoms with Crippen LogP contribution in [-0.4, -0.2) is 21.8 Å². The molecule has 0 aliphatic rings. The first kappa shape index (κ1) is 18.1. The number of ether oxygens (including phenoxy) is 1. The molecule has 4 aromatic rings. The average molecular weight is 394 g/mol. The Morgan fingerprint density at radius 3 is 2.25 bits per heavy atom. The van der Waals surface area contributed by atoms with Gasteiger partial charge in [0.05, 0.1) is 29.8 Å². The summed E-state index contributed by atoms with van der Waals surface area (Å²) >= 11 is 0. The fourth-order valence-electron chi connectivity index (χ4n) is 3.24. The Balaban J connectivity index is 1.83. The summed E-state index contributed by atoms with van der Waals surface area (Å²) in [5.41, 5.74) is 4.20. The van der Waals surface area contributed by atoms with Crippen LogP contribution in [0.2, 0.25) is 0 Å². The molecule has 0 aliphatic carbocycles. The second-order valence-corrected chi connectivity index (χ2v) is 8.25. The molecule has 0 fully saturated rings. The number of pyridine rings is 1. The summed E-state index contributed by atoms with van der Waals surface area (Å²) in [4.78, 5) is 3.45. The van der Waals surface area contributed by atoms with Gasteiger partial charge in [0.15, 0.2) is 5.75 Å². The second-order valence-electron chi connectivity index (χ2n) is 6.50. The van der Waals surface area contributed by atoms with E-state index in [4.69, 9.17) is 4.74 Å². The number of hydrogen-bond donors (Lipinski definition) is 2. The van der Waals surface area contributed by atoms with Gasteiger partial charge in [0, 0.05) is 17.4 Å². The zero-order chi connectivity index (χ0) is 19.7. The predicted octanol–water partition coefficient (Wildman–Crippen LogP) is 3.93. The van der Waals surface area contributed by atoms with Gasteiger partial charge in [0.1, 0.15) is 0 Å². The zero-order valence-electron chi connectivity index (χ0n) is 15.5. The summed E-state index contributed by atoms with van der Waals surface area (Å²) in [7, 11) is -1.65. The van der Waals surface area contributed by atoms with Crippen LogP contribution >= 0.6 is 0 Å². The number of sulfonamides is 1. The molecule has 1 heterocycles. The molecule has 28 heavy (non-hydrogen) atoms. The molecule has 1 aromatic heterocycles. The van der Waals surface area contributed by atoms with Crippen LogP contribution in [0.1, 0.15) is 0 Å². The van der Waals surface area contributed by atoms with Gasteiger partial charge in [-0.05, 0) is 42.5 Å². The van der Waals surface area contributed by atoms with Crippen molar-refractivity contribution in [1.82, 2.24) is 0 Å². The van der Waals surface area contributed by atoms with E-state index in [9.17, 15) is 8.42 Å². The lowest BCUT2D eigenvalue weighted by atomic mass is 10.1. The lowest BCUT2D eigenvalue weighted by molar-refractivity contribution is -0.310. The van der Waals surface area contributed by atoms with Gasteiger partial charge in [-0.25, -0.2) is 13.4 Å². The number of rotatable bonds is 5. The fraction of sp³-hybridized carbons (Fsp3) is 0.0952. The highest BCUT2D eigenvalue weighted by Gasteiger charge is 2.17. The molecule has 0 atom stereocenters. The van der Waals surface area contributed by atoms with E-state index in [1.54, 1.807) is 19.2 Å². The molecule has 0 saturated carbocycles. The smallest absolute Gasteiger partial charge is 0.255 e. The Labute approximate surface area is 163 Å². The maximum absolute atomic E-state index is 11.4. The number of H-pyrrole nitrogens is 1. The van der Waals surface area contributed by atoms with Crippen molar-refractivity contribution in [3.8, 4) is 5.75 Å². The average Bonchev–Trinajstić information content (AvgIpc) is 2.67. The molecule has 0 bridgehead atoms. The summed E-state index contributed by atoms with van der Waals surface area (Å²) in [6, 6.07) is 21.1. The van der Waals surface area contributed by atoms with Crippen molar-refractivity contribution in [3.05, 3.63) is 66.7 Å². The first-order valence-corrected chi connectivity index (χ1v) is 10.6. The molecular weight excluding hydrogens is 374 g/mol. The first-order valence-electron chi connectivity index (χ1n) is 8.70. The molecule has 0 amide bonds. The molecule has 0 unspecified atom stereocenters. The molecule has 0 saturated heterocycles. The maximum atomic E-state index is 11.4. The van der Waals surface area contributed by atoms with Crippen molar-refractivity contribution in [2.75, 3.05) is 23.4 Å². The SMILES string of the molecule is COc1cccc2c(Nc3ccc(NS(C)(=O)=O)cc3)c3ccccc3[nH+]c12. The van der Waals surface area contributed by atoms with Crippen LogP contribution in [-0.2, 0) is 10.0 Å². The Bertz CT molecular complexity index is 1270. The van der Waals surface area contributed by atoms with Crippen molar-refractivity contribution < 1.29 is 18.1 Å². The molecule has 142 valence electrons. The van der Waals surface area contributed by atoms with Gasteiger partial charge in [-0.15, -0.1) is 0 Å². The lowest BCUT2D eigenvalue weighted by Crippen LogP contribution is -2.10. The van der Waals surface area contributed by atoms with E-state index in [2.05, 4.69) is 15.0 Å². The number of aromatic nitrogens is 1. The van der Waals surface area contributed by atoms with Gasteiger partial charge >= 0.3 is 0 Å². The molecule has 3 N–H and O–H groups in total. The van der Waals surface area contributed by atoms with Crippen molar-refractivity contribution in [2.45, 2.75) is 0 Å².